The fraction of sp³-hybridized carbons (Fsp3) is 0.280. The number of carbonyl (C=O) groups is 2. The number of rotatable bonds is 4. The van der Waals surface area contributed by atoms with E-state index in [1.54, 1.807) is 46.2 Å². The van der Waals surface area contributed by atoms with Gasteiger partial charge >= 0.3 is 0 Å². The van der Waals surface area contributed by atoms with Crippen LogP contribution in [0.25, 0.3) is 11.1 Å². The summed E-state index contributed by atoms with van der Waals surface area (Å²) in [5.41, 5.74) is 2.87. The molecule has 1 unspecified atom stereocenters. The van der Waals surface area contributed by atoms with Crippen LogP contribution in [0.4, 0.5) is 11.4 Å². The van der Waals surface area contributed by atoms with Gasteiger partial charge in [0.2, 0.25) is 5.91 Å². The first-order valence-corrected chi connectivity index (χ1v) is 12.6. The Hall–Kier alpha value is -3.39. The van der Waals surface area contributed by atoms with Gasteiger partial charge in [-0.15, -0.1) is 0 Å². The maximum atomic E-state index is 13.2. The third kappa shape index (κ3) is 4.30. The molecule has 8 heteroatoms. The van der Waals surface area contributed by atoms with Crippen LogP contribution < -0.4 is 9.80 Å². The minimum absolute atomic E-state index is 0.0147. The van der Waals surface area contributed by atoms with Gasteiger partial charge in [0.25, 0.3) is 5.91 Å². The number of fused-ring (bicyclic) bond motifs is 1. The second-order valence-electron chi connectivity index (χ2n) is 8.61. The molecule has 0 saturated carbocycles. The lowest BCUT2D eigenvalue weighted by atomic mass is 9.99. The molecule has 2 amide bonds. The first-order valence-electron chi connectivity index (χ1n) is 10.7. The van der Waals surface area contributed by atoms with E-state index in [-0.39, 0.29) is 34.4 Å². The van der Waals surface area contributed by atoms with Crippen LogP contribution >= 0.6 is 0 Å². The van der Waals surface area contributed by atoms with Crippen LogP contribution in [0, 0.1) is 5.92 Å². The lowest BCUT2D eigenvalue weighted by Crippen LogP contribution is -2.53. The fourth-order valence-electron chi connectivity index (χ4n) is 4.04. The SMILES string of the molecule is CC(C)C(=O)N1c2ccc(-c3ccc(S(C)(=O)=O)cc3)cc2N(C(=O)c2ccco2)CC1C. The Balaban J connectivity index is 1.83. The zero-order chi connectivity index (χ0) is 23.9. The molecule has 1 aliphatic rings. The number of hydrogen-bond donors (Lipinski definition) is 0. The van der Waals surface area contributed by atoms with Crippen LogP contribution in [-0.2, 0) is 14.6 Å². The van der Waals surface area contributed by atoms with Gasteiger partial charge in [0.05, 0.1) is 28.6 Å². The molecule has 0 fully saturated rings. The molecular weight excluding hydrogens is 440 g/mol. The lowest BCUT2D eigenvalue weighted by Gasteiger charge is -2.41. The van der Waals surface area contributed by atoms with Crippen molar-refractivity contribution in [2.24, 2.45) is 5.92 Å². The molecule has 1 aromatic heterocycles. The normalized spacial score (nSPS) is 16.1. The van der Waals surface area contributed by atoms with Gasteiger partial charge in [-0.3, -0.25) is 9.59 Å². The maximum Gasteiger partial charge on any atom is 0.294 e. The molecule has 0 radical (unpaired) electrons. The van der Waals surface area contributed by atoms with Crippen molar-refractivity contribution in [3.63, 3.8) is 0 Å². The van der Waals surface area contributed by atoms with Crippen molar-refractivity contribution in [3.05, 3.63) is 66.6 Å². The largest absolute Gasteiger partial charge is 0.459 e. The first kappa shape index (κ1) is 22.8. The summed E-state index contributed by atoms with van der Waals surface area (Å²) < 4.78 is 28.9. The van der Waals surface area contributed by atoms with E-state index in [9.17, 15) is 18.0 Å². The average molecular weight is 467 g/mol. The van der Waals surface area contributed by atoms with Gasteiger partial charge in [-0.2, -0.15) is 0 Å². The molecular formula is C25H26N2O5S. The molecule has 172 valence electrons. The third-order valence-corrected chi connectivity index (χ3v) is 6.87. The molecule has 4 rings (SSSR count). The molecule has 0 aliphatic carbocycles. The van der Waals surface area contributed by atoms with Crippen LogP contribution in [-0.4, -0.2) is 39.1 Å². The van der Waals surface area contributed by atoms with Crippen molar-refractivity contribution in [2.45, 2.75) is 31.7 Å². The molecule has 1 atom stereocenters. The summed E-state index contributed by atoms with van der Waals surface area (Å²) >= 11 is 0. The maximum absolute atomic E-state index is 13.2. The first-order chi connectivity index (χ1) is 15.6. The summed E-state index contributed by atoms with van der Waals surface area (Å²) in [4.78, 5) is 29.9. The average Bonchev–Trinajstić information content (AvgIpc) is 3.32. The van der Waals surface area contributed by atoms with Crippen LogP contribution in [0.2, 0.25) is 0 Å². The van der Waals surface area contributed by atoms with Crippen molar-refractivity contribution < 1.29 is 22.4 Å². The molecule has 2 heterocycles. The summed E-state index contributed by atoms with van der Waals surface area (Å²) in [6, 6.07) is 15.2. The predicted molar refractivity (Wildman–Crippen MR) is 127 cm³/mol. The quantitative estimate of drug-likeness (QED) is 0.569. The van der Waals surface area contributed by atoms with Crippen molar-refractivity contribution in [3.8, 4) is 11.1 Å². The molecule has 7 nitrogen and oxygen atoms in total. The van der Waals surface area contributed by atoms with Crippen LogP contribution in [0.15, 0.2) is 70.2 Å². The van der Waals surface area contributed by atoms with Gasteiger partial charge in [0.15, 0.2) is 15.6 Å². The number of benzene rings is 2. The van der Waals surface area contributed by atoms with Gasteiger partial charge in [0.1, 0.15) is 0 Å². The van der Waals surface area contributed by atoms with Crippen LogP contribution in [0.1, 0.15) is 31.3 Å². The van der Waals surface area contributed by atoms with E-state index < -0.39 is 9.84 Å². The third-order valence-electron chi connectivity index (χ3n) is 5.74. The van der Waals surface area contributed by atoms with E-state index in [2.05, 4.69) is 0 Å². The van der Waals surface area contributed by atoms with Gasteiger partial charge in [0, 0.05) is 18.7 Å². The van der Waals surface area contributed by atoms with E-state index in [4.69, 9.17) is 4.42 Å². The Kier molecular flexibility index (Phi) is 5.88. The monoisotopic (exact) mass is 466 g/mol. The minimum atomic E-state index is -3.30. The second kappa shape index (κ2) is 8.51. The van der Waals surface area contributed by atoms with Gasteiger partial charge in [-0.05, 0) is 54.4 Å². The summed E-state index contributed by atoms with van der Waals surface area (Å²) in [6.45, 7) is 5.95. The molecule has 3 aromatic rings. The molecule has 33 heavy (non-hydrogen) atoms. The highest BCUT2D eigenvalue weighted by molar-refractivity contribution is 7.90. The summed E-state index contributed by atoms with van der Waals surface area (Å²) in [7, 11) is -3.30. The van der Waals surface area contributed by atoms with Gasteiger partial charge in [-0.1, -0.05) is 32.0 Å². The van der Waals surface area contributed by atoms with E-state index in [0.717, 1.165) is 11.1 Å². The summed E-state index contributed by atoms with van der Waals surface area (Å²) in [5, 5.41) is 0. The Bertz CT molecular complexity index is 1300. The highest BCUT2D eigenvalue weighted by atomic mass is 32.2. The Labute approximate surface area is 193 Å². The van der Waals surface area contributed by atoms with E-state index in [1.807, 2.05) is 39.0 Å². The number of carbonyl (C=O) groups excluding carboxylic acids is 2. The lowest BCUT2D eigenvalue weighted by molar-refractivity contribution is -0.121. The number of nitrogens with zero attached hydrogens (tertiary/aromatic N) is 2. The number of sulfone groups is 1. The number of anilines is 2. The fourth-order valence-corrected chi connectivity index (χ4v) is 4.67. The number of amides is 2. The van der Waals surface area contributed by atoms with Crippen molar-refractivity contribution >= 4 is 33.0 Å². The molecule has 0 bridgehead atoms. The summed E-state index contributed by atoms with van der Waals surface area (Å²) in [6.07, 6.45) is 2.62. The zero-order valence-corrected chi connectivity index (χ0v) is 19.8. The van der Waals surface area contributed by atoms with Crippen LogP contribution in [0.5, 0.6) is 0 Å². The Morgan fingerprint density at radius 1 is 1.00 bits per heavy atom. The smallest absolute Gasteiger partial charge is 0.294 e. The highest BCUT2D eigenvalue weighted by Crippen LogP contribution is 2.40. The summed E-state index contributed by atoms with van der Waals surface area (Å²) in [5.74, 6) is -0.274. The molecule has 0 saturated heterocycles. The van der Waals surface area contributed by atoms with Crippen molar-refractivity contribution in [1.82, 2.24) is 0 Å². The number of furan rings is 1. The zero-order valence-electron chi connectivity index (χ0n) is 19.0. The minimum Gasteiger partial charge on any atom is -0.459 e. The van der Waals surface area contributed by atoms with E-state index >= 15 is 0 Å². The number of hydrogen-bond acceptors (Lipinski definition) is 5. The molecule has 0 spiro atoms. The molecule has 0 N–H and O–H groups in total. The van der Waals surface area contributed by atoms with Gasteiger partial charge in [-0.25, -0.2) is 8.42 Å². The van der Waals surface area contributed by atoms with Crippen molar-refractivity contribution in [1.29, 1.82) is 0 Å². The molecule has 1 aliphatic heterocycles. The molecule has 2 aromatic carbocycles. The highest BCUT2D eigenvalue weighted by Gasteiger charge is 2.36. The standard InChI is InChI=1S/C25H26N2O5S/c1-16(2)24(28)27-17(3)15-26(25(29)23-6-5-13-32-23)22-14-19(9-12-21(22)27)18-7-10-20(11-8-18)33(4,30)31/h5-14,16-17H,15H2,1-4H3. The topological polar surface area (TPSA) is 87.9 Å². The van der Waals surface area contributed by atoms with E-state index in [0.29, 0.717) is 17.9 Å². The Morgan fingerprint density at radius 2 is 1.67 bits per heavy atom. The van der Waals surface area contributed by atoms with Gasteiger partial charge < -0.3 is 14.2 Å². The van der Waals surface area contributed by atoms with E-state index in [1.165, 1.54) is 12.5 Å². The Morgan fingerprint density at radius 3 is 2.24 bits per heavy atom. The van der Waals surface area contributed by atoms with Crippen molar-refractivity contribution in [2.75, 3.05) is 22.6 Å². The predicted octanol–water partition coefficient (Wildman–Crippen LogP) is 4.39. The van der Waals surface area contributed by atoms with Crippen LogP contribution in [0.3, 0.4) is 0 Å². The second-order valence-corrected chi connectivity index (χ2v) is 10.6.